The molecule has 6 heteroatoms. The molecule has 0 saturated heterocycles. The highest BCUT2D eigenvalue weighted by Gasteiger charge is 2.37. The predicted octanol–water partition coefficient (Wildman–Crippen LogP) is 4.48. The number of carbonyl (C=O) groups excluding carboxylic acids is 1. The summed E-state index contributed by atoms with van der Waals surface area (Å²) in [4.78, 5) is 11.9. The zero-order chi connectivity index (χ0) is 20.6. The van der Waals surface area contributed by atoms with Crippen molar-refractivity contribution < 1.29 is 17.6 Å². The second-order valence-corrected chi connectivity index (χ2v) is 9.14. The van der Waals surface area contributed by atoms with E-state index in [4.69, 9.17) is 0 Å². The Bertz CT molecular complexity index is 1160. The van der Waals surface area contributed by atoms with E-state index >= 15 is 0 Å². The van der Waals surface area contributed by atoms with Gasteiger partial charge in [-0.3, -0.25) is 9.10 Å². The van der Waals surface area contributed by atoms with Crippen molar-refractivity contribution in [1.82, 2.24) is 0 Å². The molecule has 1 aliphatic heterocycles. The van der Waals surface area contributed by atoms with E-state index in [2.05, 4.69) is 0 Å². The molecular weight excluding hydrogens is 389 g/mol. The zero-order valence-corrected chi connectivity index (χ0v) is 16.7. The van der Waals surface area contributed by atoms with Gasteiger partial charge < -0.3 is 0 Å². The maximum Gasteiger partial charge on any atom is 0.264 e. The van der Waals surface area contributed by atoms with Crippen LogP contribution in [0, 0.1) is 12.7 Å². The predicted molar refractivity (Wildman–Crippen MR) is 110 cm³/mol. The summed E-state index contributed by atoms with van der Waals surface area (Å²) in [6.45, 7) is 2.13. The van der Waals surface area contributed by atoms with Crippen LogP contribution in [0.4, 0.5) is 10.1 Å². The fraction of sp³-hybridized carbons (Fsp3) is 0.174. The number of halogens is 1. The lowest BCUT2D eigenvalue weighted by Crippen LogP contribution is -2.30. The van der Waals surface area contributed by atoms with Gasteiger partial charge in [-0.25, -0.2) is 12.8 Å². The molecule has 1 unspecified atom stereocenters. The molecule has 0 radical (unpaired) electrons. The van der Waals surface area contributed by atoms with Crippen LogP contribution in [0.15, 0.2) is 71.6 Å². The van der Waals surface area contributed by atoms with Gasteiger partial charge >= 0.3 is 0 Å². The van der Waals surface area contributed by atoms with Crippen molar-refractivity contribution in [1.29, 1.82) is 0 Å². The van der Waals surface area contributed by atoms with Crippen molar-refractivity contribution in [3.63, 3.8) is 0 Å². The minimum atomic E-state index is -3.77. The van der Waals surface area contributed by atoms with E-state index in [1.165, 1.54) is 16.4 Å². The lowest BCUT2D eigenvalue weighted by Gasteiger charge is -2.20. The van der Waals surface area contributed by atoms with Gasteiger partial charge in [0.05, 0.1) is 10.6 Å². The summed E-state index contributed by atoms with van der Waals surface area (Å²) in [5.41, 5.74) is 3.60. The fourth-order valence-electron chi connectivity index (χ4n) is 3.86. The molecule has 4 nitrogen and oxygen atoms in total. The van der Waals surface area contributed by atoms with Crippen molar-refractivity contribution >= 4 is 22.0 Å². The summed E-state index contributed by atoms with van der Waals surface area (Å²) in [5, 5.41) is 0. The monoisotopic (exact) mass is 409 g/mol. The molecule has 0 saturated carbocycles. The third-order valence-corrected chi connectivity index (χ3v) is 7.11. The van der Waals surface area contributed by atoms with Crippen LogP contribution in [-0.2, 0) is 16.4 Å². The third kappa shape index (κ3) is 3.56. The fourth-order valence-corrected chi connectivity index (χ4v) is 5.39. The molecule has 1 atom stereocenters. The van der Waals surface area contributed by atoms with E-state index in [1.54, 1.807) is 54.6 Å². The average Bonchev–Trinajstić information content (AvgIpc) is 3.09. The first-order chi connectivity index (χ1) is 13.9. The van der Waals surface area contributed by atoms with E-state index < -0.39 is 10.0 Å². The van der Waals surface area contributed by atoms with Crippen molar-refractivity contribution in [2.45, 2.75) is 24.2 Å². The molecule has 29 heavy (non-hydrogen) atoms. The van der Waals surface area contributed by atoms with E-state index in [9.17, 15) is 17.6 Å². The summed E-state index contributed by atoms with van der Waals surface area (Å²) in [6, 6.07) is 18.0. The highest BCUT2D eigenvalue weighted by atomic mass is 32.2. The van der Waals surface area contributed by atoms with Crippen LogP contribution in [0.5, 0.6) is 0 Å². The standard InChI is InChI=1S/C23H20FNO3S/c1-16-5-11-21(12-6-16)29(27,28)25-14-19(13-17-7-9-20(24)10-8-17)23-18(15-26)3-2-4-22(23)25/h2-12,15,19H,13-14H2,1H3. The van der Waals surface area contributed by atoms with Gasteiger partial charge in [0.1, 0.15) is 12.1 Å². The second-order valence-electron chi connectivity index (χ2n) is 7.27. The Hall–Kier alpha value is -2.99. The minimum absolute atomic E-state index is 0.197. The van der Waals surface area contributed by atoms with Crippen molar-refractivity contribution in [2.75, 3.05) is 10.8 Å². The maximum atomic E-state index is 13.3. The van der Waals surface area contributed by atoms with E-state index in [-0.39, 0.29) is 23.2 Å². The number of anilines is 1. The maximum absolute atomic E-state index is 13.3. The largest absolute Gasteiger partial charge is 0.298 e. The number of nitrogens with zero attached hydrogens (tertiary/aromatic N) is 1. The molecule has 0 aromatic heterocycles. The zero-order valence-electron chi connectivity index (χ0n) is 15.9. The molecule has 0 spiro atoms. The Morgan fingerprint density at radius 3 is 2.38 bits per heavy atom. The number of fused-ring (bicyclic) bond motifs is 1. The van der Waals surface area contributed by atoms with Crippen molar-refractivity contribution in [3.05, 3.63) is 94.8 Å². The van der Waals surface area contributed by atoms with Crippen LogP contribution in [-0.4, -0.2) is 21.2 Å². The Kier molecular flexibility index (Phi) is 4.96. The van der Waals surface area contributed by atoms with Gasteiger partial charge in [0.15, 0.2) is 0 Å². The molecule has 3 aromatic carbocycles. The van der Waals surface area contributed by atoms with Crippen molar-refractivity contribution in [2.24, 2.45) is 0 Å². The summed E-state index contributed by atoms with van der Waals surface area (Å²) in [5.74, 6) is -0.519. The summed E-state index contributed by atoms with van der Waals surface area (Å²) >= 11 is 0. The molecule has 148 valence electrons. The van der Waals surface area contributed by atoms with E-state index in [1.807, 2.05) is 6.92 Å². The molecule has 4 rings (SSSR count). The Morgan fingerprint density at radius 1 is 1.03 bits per heavy atom. The smallest absolute Gasteiger partial charge is 0.264 e. The summed E-state index contributed by atoms with van der Waals surface area (Å²) in [6.07, 6.45) is 1.27. The molecule has 1 aliphatic rings. The minimum Gasteiger partial charge on any atom is -0.298 e. The summed E-state index contributed by atoms with van der Waals surface area (Å²) < 4.78 is 41.3. The molecule has 0 amide bonds. The Labute approximate surface area is 169 Å². The Morgan fingerprint density at radius 2 is 1.72 bits per heavy atom. The third-order valence-electron chi connectivity index (χ3n) is 5.31. The molecule has 0 bridgehead atoms. The molecule has 0 fully saturated rings. The quantitative estimate of drug-likeness (QED) is 0.584. The topological polar surface area (TPSA) is 54.5 Å². The number of rotatable bonds is 5. The SMILES string of the molecule is Cc1ccc(S(=O)(=O)N2CC(Cc3ccc(F)cc3)c3c(C=O)cccc32)cc1. The second kappa shape index (κ2) is 7.44. The first kappa shape index (κ1) is 19.3. The number of aryl methyl sites for hydroxylation is 1. The van der Waals surface area contributed by atoms with Gasteiger partial charge in [0.25, 0.3) is 10.0 Å². The molecule has 3 aromatic rings. The number of hydrogen-bond donors (Lipinski definition) is 0. The van der Waals surface area contributed by atoms with Crippen LogP contribution in [0.1, 0.15) is 33.0 Å². The van der Waals surface area contributed by atoms with Crippen LogP contribution in [0.25, 0.3) is 0 Å². The lowest BCUT2D eigenvalue weighted by atomic mass is 9.91. The first-order valence-electron chi connectivity index (χ1n) is 9.32. The molecule has 0 N–H and O–H groups in total. The van der Waals surface area contributed by atoms with Gasteiger partial charge in [0.2, 0.25) is 0 Å². The van der Waals surface area contributed by atoms with Gasteiger partial charge in [0, 0.05) is 18.0 Å². The number of benzene rings is 3. The molecule has 1 heterocycles. The molecular formula is C23H20FNO3S. The number of sulfonamides is 1. The number of hydrogen-bond acceptors (Lipinski definition) is 3. The van der Waals surface area contributed by atoms with Gasteiger partial charge in [-0.05, 0) is 54.8 Å². The first-order valence-corrected chi connectivity index (χ1v) is 10.8. The number of carbonyl (C=O) groups is 1. The normalized spacial score (nSPS) is 15.9. The van der Waals surface area contributed by atoms with Crippen LogP contribution in [0.2, 0.25) is 0 Å². The van der Waals surface area contributed by atoms with Gasteiger partial charge in [-0.2, -0.15) is 0 Å². The van der Waals surface area contributed by atoms with Crippen LogP contribution in [0.3, 0.4) is 0 Å². The van der Waals surface area contributed by atoms with Crippen LogP contribution >= 0.6 is 0 Å². The van der Waals surface area contributed by atoms with Gasteiger partial charge in [-0.1, -0.05) is 42.0 Å². The van der Waals surface area contributed by atoms with E-state index in [0.717, 1.165) is 23.0 Å². The van der Waals surface area contributed by atoms with E-state index in [0.29, 0.717) is 17.7 Å². The summed E-state index contributed by atoms with van der Waals surface area (Å²) in [7, 11) is -3.77. The number of aldehydes is 1. The Balaban J connectivity index is 1.77. The average molecular weight is 409 g/mol. The molecule has 0 aliphatic carbocycles. The van der Waals surface area contributed by atoms with Gasteiger partial charge in [-0.15, -0.1) is 0 Å². The van der Waals surface area contributed by atoms with Crippen molar-refractivity contribution in [3.8, 4) is 0 Å². The lowest BCUT2D eigenvalue weighted by molar-refractivity contribution is 0.112. The highest BCUT2D eigenvalue weighted by molar-refractivity contribution is 7.92. The highest BCUT2D eigenvalue weighted by Crippen LogP contribution is 2.42. The van der Waals surface area contributed by atoms with Crippen LogP contribution < -0.4 is 4.31 Å².